The van der Waals surface area contributed by atoms with Crippen LogP contribution in [-0.4, -0.2) is 10.2 Å². The van der Waals surface area contributed by atoms with Crippen LogP contribution in [0.5, 0.6) is 0 Å². The van der Waals surface area contributed by atoms with Gasteiger partial charge in [0.25, 0.3) is 0 Å². The Morgan fingerprint density at radius 1 is 0.706 bits per heavy atom. The second-order valence-corrected chi connectivity index (χ2v) is 11.4. The molecule has 0 unspecified atom stereocenters. The van der Waals surface area contributed by atoms with Crippen LogP contribution in [-0.2, 0) is 29.9 Å². The Labute approximate surface area is 224 Å². The van der Waals surface area contributed by atoms with Crippen molar-refractivity contribution in [1.82, 2.24) is 0 Å². The number of rotatable bonds is 2. The minimum Gasteiger partial charge on any atom is -0.179 e. The smallest absolute Gasteiger partial charge is 0.0253 e. The maximum Gasteiger partial charge on any atom is -0.0253 e. The fourth-order valence-electron chi connectivity index (χ4n) is 4.25. The molecule has 2 aliphatic rings. The van der Waals surface area contributed by atoms with Crippen LogP contribution in [0, 0.1) is 12.1 Å². The molecule has 0 nitrogen and oxygen atoms in total. The summed E-state index contributed by atoms with van der Waals surface area (Å²) in [5.41, 5.74) is 11.0. The van der Waals surface area contributed by atoms with Gasteiger partial charge in [0.05, 0.1) is 0 Å². The molecule has 34 heavy (non-hydrogen) atoms. The molecule has 4 aromatic rings. The van der Waals surface area contributed by atoms with E-state index in [-0.39, 0.29) is 0 Å². The van der Waals surface area contributed by atoms with Gasteiger partial charge >= 0.3 is 35.6 Å². The standard InChI is InChI=1S/2C13H9.C4H11Si.2ClH.Ti/c2*1-3-7-12-10(5-1)9-11-6-2-4-8-13(11)12;1-2-3-4-5;;;/h2*1-5,7-8H,9H2;2-5H2,1H3;2*1H;/q2*-1;;;;+2/p-2. The van der Waals surface area contributed by atoms with E-state index in [1.165, 1.54) is 63.4 Å². The summed E-state index contributed by atoms with van der Waals surface area (Å²) in [6.07, 6.45) is 4.85. The van der Waals surface area contributed by atoms with Crippen molar-refractivity contribution in [3.05, 3.63) is 119 Å². The Morgan fingerprint density at radius 3 is 1.50 bits per heavy atom. The van der Waals surface area contributed by atoms with Crippen LogP contribution >= 0.6 is 18.6 Å². The van der Waals surface area contributed by atoms with Gasteiger partial charge in [-0.2, -0.15) is 59.7 Å². The monoisotopic (exact) mass is 535 g/mol. The van der Waals surface area contributed by atoms with Crippen molar-refractivity contribution < 1.29 is 17.0 Å². The zero-order valence-electron chi connectivity index (χ0n) is 19.6. The van der Waals surface area contributed by atoms with Crippen molar-refractivity contribution in [3.63, 3.8) is 0 Å². The maximum atomic E-state index is 4.89. The molecular weight excluding hydrogens is 507 g/mol. The van der Waals surface area contributed by atoms with E-state index < -0.39 is 17.0 Å². The van der Waals surface area contributed by atoms with E-state index in [0.29, 0.717) is 0 Å². The second-order valence-electron chi connectivity index (χ2n) is 8.07. The molecule has 0 atom stereocenters. The summed E-state index contributed by atoms with van der Waals surface area (Å²) < 4.78 is 0. The zero-order chi connectivity index (χ0) is 24.2. The van der Waals surface area contributed by atoms with Gasteiger partial charge < -0.3 is 0 Å². The fraction of sp³-hybridized carbons (Fsp3) is 0.200. The molecule has 0 fully saturated rings. The van der Waals surface area contributed by atoms with Crippen LogP contribution in [0.3, 0.4) is 0 Å². The predicted octanol–water partition coefficient (Wildman–Crippen LogP) is 8.33. The normalized spacial score (nSPS) is 11.1. The summed E-state index contributed by atoms with van der Waals surface area (Å²) in [7, 11) is 11.8. The van der Waals surface area contributed by atoms with Crippen LogP contribution in [0.15, 0.2) is 84.9 Å². The van der Waals surface area contributed by atoms with Crippen LogP contribution in [0.4, 0.5) is 0 Å². The van der Waals surface area contributed by atoms with E-state index in [4.69, 9.17) is 18.6 Å². The fourth-order valence-corrected chi connectivity index (χ4v) is 4.75. The average molecular weight is 536 g/mol. The van der Waals surface area contributed by atoms with Crippen molar-refractivity contribution in [3.8, 4) is 22.3 Å². The third kappa shape index (κ3) is 7.20. The first-order valence-corrected chi connectivity index (χ1v) is 16.9. The van der Waals surface area contributed by atoms with Crippen LogP contribution in [0.2, 0.25) is 6.04 Å². The Bertz CT molecular complexity index is 998. The van der Waals surface area contributed by atoms with Gasteiger partial charge in [-0.1, -0.05) is 96.6 Å². The van der Waals surface area contributed by atoms with E-state index in [1.54, 1.807) is 0 Å². The number of hydrogen-bond donors (Lipinski definition) is 0. The van der Waals surface area contributed by atoms with Gasteiger partial charge in [-0.25, -0.2) is 0 Å². The molecule has 6 rings (SSSR count). The molecule has 0 heterocycles. The van der Waals surface area contributed by atoms with Crippen LogP contribution in [0.25, 0.3) is 22.3 Å². The van der Waals surface area contributed by atoms with Gasteiger partial charge in [-0.15, -0.1) is 11.1 Å². The molecule has 0 saturated carbocycles. The van der Waals surface area contributed by atoms with E-state index in [2.05, 4.69) is 91.9 Å². The molecule has 0 spiro atoms. The molecule has 1 radical (unpaired) electrons. The van der Waals surface area contributed by atoms with Crippen LogP contribution < -0.4 is 0 Å². The van der Waals surface area contributed by atoms with E-state index in [0.717, 1.165) is 12.8 Å². The molecule has 4 aromatic carbocycles. The van der Waals surface area contributed by atoms with Gasteiger partial charge in [0.1, 0.15) is 0 Å². The second kappa shape index (κ2) is 14.7. The van der Waals surface area contributed by atoms with E-state index in [9.17, 15) is 0 Å². The maximum absolute atomic E-state index is 4.89. The summed E-state index contributed by atoms with van der Waals surface area (Å²) in [6, 6.07) is 37.6. The summed E-state index contributed by atoms with van der Waals surface area (Å²) in [5, 5.41) is 0. The largest absolute Gasteiger partial charge is 0.179 e. The summed E-state index contributed by atoms with van der Waals surface area (Å²) in [5.74, 6) is 0. The van der Waals surface area contributed by atoms with Crippen molar-refractivity contribution >= 4 is 28.9 Å². The SMILES string of the molecule is CCCC[SiH2].[Cl][Ti][Cl].[c-]1cccc2c1Cc1ccccc1-2.[c-]1cccc2c1Cc1ccccc1-2. The topological polar surface area (TPSA) is 0 Å². The number of benzene rings is 4. The molecule has 0 bridgehead atoms. The van der Waals surface area contributed by atoms with E-state index >= 15 is 0 Å². The number of hydrogen-bond acceptors (Lipinski definition) is 0. The molecule has 0 aromatic heterocycles. The molecule has 0 amide bonds. The van der Waals surface area contributed by atoms with Gasteiger partial charge in [-0.05, 0) is 12.8 Å². The van der Waals surface area contributed by atoms with Crippen molar-refractivity contribution in [2.24, 2.45) is 0 Å². The first-order chi connectivity index (χ1) is 16.7. The minimum atomic E-state index is -0.556. The Kier molecular flexibility index (Phi) is 11.7. The first kappa shape index (κ1) is 27.0. The van der Waals surface area contributed by atoms with Gasteiger partial charge in [-0.3, -0.25) is 0 Å². The van der Waals surface area contributed by atoms with Crippen LogP contribution in [0.1, 0.15) is 42.0 Å². The van der Waals surface area contributed by atoms with Gasteiger partial charge in [0.15, 0.2) is 0 Å². The average Bonchev–Trinajstić information content (AvgIpc) is 3.44. The summed E-state index contributed by atoms with van der Waals surface area (Å²) in [6.45, 7) is 2.22. The van der Waals surface area contributed by atoms with Gasteiger partial charge in [0, 0.05) is 10.2 Å². The zero-order valence-corrected chi connectivity index (χ0v) is 24.1. The molecule has 0 N–H and O–H groups in total. The van der Waals surface area contributed by atoms with Crippen molar-refractivity contribution in [1.29, 1.82) is 0 Å². The molecule has 4 heteroatoms. The number of unbranched alkanes of at least 4 members (excludes halogenated alkanes) is 1. The number of fused-ring (bicyclic) bond motifs is 6. The molecule has 173 valence electrons. The third-order valence-corrected chi connectivity index (χ3v) is 6.34. The van der Waals surface area contributed by atoms with Gasteiger partial charge in [0.2, 0.25) is 0 Å². The molecule has 0 aliphatic heterocycles. The predicted molar refractivity (Wildman–Crippen MR) is 147 cm³/mol. The van der Waals surface area contributed by atoms with Crippen molar-refractivity contribution in [2.75, 3.05) is 0 Å². The first-order valence-electron chi connectivity index (χ1n) is 11.6. The molecule has 0 saturated heterocycles. The quantitative estimate of drug-likeness (QED) is 0.154. The Hall–Kier alpha value is -1.61. The molecular formula is C30H29Cl2SiTi-2. The van der Waals surface area contributed by atoms with E-state index in [1.807, 2.05) is 22.4 Å². The minimum absolute atomic E-state index is 0.556. The van der Waals surface area contributed by atoms with Crippen molar-refractivity contribution in [2.45, 2.75) is 38.7 Å². The Morgan fingerprint density at radius 2 is 1.12 bits per heavy atom. The number of halogens is 2. The third-order valence-electron chi connectivity index (χ3n) is 5.84. The Balaban J connectivity index is 0.000000147. The summed E-state index contributed by atoms with van der Waals surface area (Å²) >= 11 is -0.556. The summed E-state index contributed by atoms with van der Waals surface area (Å²) in [4.78, 5) is 0. The molecule has 2 aliphatic carbocycles.